The lowest BCUT2D eigenvalue weighted by molar-refractivity contribution is -0.131. The van der Waals surface area contributed by atoms with Gasteiger partial charge in [0.05, 0.1) is 24.9 Å². The van der Waals surface area contributed by atoms with E-state index in [0.29, 0.717) is 25.0 Å². The molecule has 0 aromatic carbocycles. The summed E-state index contributed by atoms with van der Waals surface area (Å²) in [6, 6.07) is -0.0218. The van der Waals surface area contributed by atoms with Crippen molar-refractivity contribution in [2.45, 2.75) is 66.3 Å². The molecule has 0 bridgehead atoms. The van der Waals surface area contributed by atoms with E-state index in [1.165, 1.54) is 0 Å². The van der Waals surface area contributed by atoms with Crippen LogP contribution in [0.15, 0.2) is 0 Å². The molecule has 1 fully saturated rings. The smallest absolute Gasteiger partial charge is 0.241 e. The van der Waals surface area contributed by atoms with Gasteiger partial charge >= 0.3 is 0 Å². The van der Waals surface area contributed by atoms with Crippen LogP contribution >= 0.6 is 0 Å². The number of hydrogen-bond acceptors (Lipinski definition) is 3. The maximum absolute atomic E-state index is 12.4. The summed E-state index contributed by atoms with van der Waals surface area (Å²) in [5.74, 6) is 1.18. The molecule has 1 N–H and O–H groups in total. The molecule has 1 heterocycles. The van der Waals surface area contributed by atoms with Crippen LogP contribution in [0, 0.1) is 11.8 Å². The van der Waals surface area contributed by atoms with Crippen molar-refractivity contribution >= 4 is 5.91 Å². The van der Waals surface area contributed by atoms with E-state index in [1.54, 1.807) is 0 Å². The van der Waals surface area contributed by atoms with Gasteiger partial charge in [0.25, 0.3) is 0 Å². The van der Waals surface area contributed by atoms with E-state index in [9.17, 15) is 4.79 Å². The van der Waals surface area contributed by atoms with Gasteiger partial charge in [-0.3, -0.25) is 10.1 Å². The molecule has 4 heteroatoms. The van der Waals surface area contributed by atoms with Gasteiger partial charge in [0.2, 0.25) is 5.91 Å². The van der Waals surface area contributed by atoms with Crippen molar-refractivity contribution in [1.82, 2.24) is 10.2 Å². The van der Waals surface area contributed by atoms with Gasteiger partial charge < -0.3 is 9.64 Å². The van der Waals surface area contributed by atoms with E-state index < -0.39 is 0 Å². The molecule has 2 unspecified atom stereocenters. The number of nitrogens with zero attached hydrogens (tertiary/aromatic N) is 1. The molecule has 4 nitrogen and oxygen atoms in total. The molecule has 0 radical (unpaired) electrons. The van der Waals surface area contributed by atoms with E-state index in [-0.39, 0.29) is 24.2 Å². The molecule has 1 amide bonds. The van der Waals surface area contributed by atoms with Crippen molar-refractivity contribution in [3.05, 3.63) is 0 Å². The van der Waals surface area contributed by atoms with E-state index in [1.807, 2.05) is 18.7 Å². The first-order valence-corrected chi connectivity index (χ1v) is 7.51. The van der Waals surface area contributed by atoms with Gasteiger partial charge in [0.15, 0.2) is 0 Å². The average Bonchev–Trinajstić information content (AvgIpc) is 2.56. The summed E-state index contributed by atoms with van der Waals surface area (Å²) < 4.78 is 5.57. The summed E-state index contributed by atoms with van der Waals surface area (Å²) in [5.41, 5.74) is 0. The van der Waals surface area contributed by atoms with Crippen molar-refractivity contribution in [1.29, 1.82) is 0 Å². The van der Waals surface area contributed by atoms with Gasteiger partial charge in [-0.05, 0) is 32.1 Å². The zero-order chi connectivity index (χ0) is 14.6. The molecule has 1 rings (SSSR count). The number of nitrogens with one attached hydrogen (secondary N) is 1. The summed E-state index contributed by atoms with van der Waals surface area (Å²) in [6.45, 7) is 14.0. The van der Waals surface area contributed by atoms with E-state index >= 15 is 0 Å². The lowest BCUT2D eigenvalue weighted by Gasteiger charge is -2.27. The highest BCUT2D eigenvalue weighted by atomic mass is 16.5. The second-order valence-corrected chi connectivity index (χ2v) is 6.49. The number of ether oxygens (including phenoxy) is 1. The van der Waals surface area contributed by atoms with Crippen LogP contribution in [0.2, 0.25) is 0 Å². The number of carbonyl (C=O) groups excluding carboxylic acids is 1. The zero-order valence-corrected chi connectivity index (χ0v) is 13.3. The number of carbonyl (C=O) groups is 1. The minimum absolute atomic E-state index is 0.0218. The van der Waals surface area contributed by atoms with Gasteiger partial charge in [-0.2, -0.15) is 0 Å². The molecule has 1 aliphatic rings. The Hall–Kier alpha value is -0.610. The SMILES string of the molecule is CC(C)CC1NC(C(C)C)N(CCOC(C)C)C1=O. The van der Waals surface area contributed by atoms with Crippen LogP contribution in [0.5, 0.6) is 0 Å². The molecule has 2 atom stereocenters. The minimum atomic E-state index is -0.0218. The summed E-state index contributed by atoms with van der Waals surface area (Å²) in [6.07, 6.45) is 1.27. The molecule has 0 aliphatic carbocycles. The van der Waals surface area contributed by atoms with Crippen molar-refractivity contribution < 1.29 is 9.53 Å². The molecular weight excluding hydrogens is 240 g/mol. The van der Waals surface area contributed by atoms with Crippen molar-refractivity contribution in [2.24, 2.45) is 11.8 Å². The number of rotatable bonds is 7. The van der Waals surface area contributed by atoms with Crippen LogP contribution in [0.25, 0.3) is 0 Å². The molecule has 0 spiro atoms. The third-order valence-corrected chi connectivity index (χ3v) is 3.41. The first-order chi connectivity index (χ1) is 8.82. The van der Waals surface area contributed by atoms with Crippen LogP contribution in [0.3, 0.4) is 0 Å². The second-order valence-electron chi connectivity index (χ2n) is 6.49. The van der Waals surface area contributed by atoms with Crippen LogP contribution in [0.1, 0.15) is 48.0 Å². The van der Waals surface area contributed by atoms with Crippen molar-refractivity contribution in [3.8, 4) is 0 Å². The normalized spacial score (nSPS) is 24.3. The molecule has 112 valence electrons. The summed E-state index contributed by atoms with van der Waals surface area (Å²) in [4.78, 5) is 14.4. The third-order valence-electron chi connectivity index (χ3n) is 3.41. The van der Waals surface area contributed by atoms with Gasteiger partial charge in [0.1, 0.15) is 0 Å². The minimum Gasteiger partial charge on any atom is -0.377 e. The largest absolute Gasteiger partial charge is 0.377 e. The zero-order valence-electron chi connectivity index (χ0n) is 13.3. The Morgan fingerprint density at radius 3 is 2.32 bits per heavy atom. The predicted octanol–water partition coefficient (Wildman–Crippen LogP) is 2.24. The maximum atomic E-state index is 12.4. The second kappa shape index (κ2) is 7.25. The van der Waals surface area contributed by atoms with Gasteiger partial charge in [-0.25, -0.2) is 0 Å². The van der Waals surface area contributed by atoms with E-state index in [2.05, 4.69) is 33.0 Å². The van der Waals surface area contributed by atoms with Crippen LogP contribution in [0.4, 0.5) is 0 Å². The first-order valence-electron chi connectivity index (χ1n) is 7.51. The van der Waals surface area contributed by atoms with Gasteiger partial charge in [-0.1, -0.05) is 27.7 Å². The Morgan fingerprint density at radius 2 is 1.84 bits per heavy atom. The number of amides is 1. The Bertz CT molecular complexity index is 290. The summed E-state index contributed by atoms with van der Waals surface area (Å²) in [5, 5.41) is 3.48. The fraction of sp³-hybridized carbons (Fsp3) is 0.933. The Labute approximate surface area is 117 Å². The standard InChI is InChI=1S/C15H30N2O2/c1-10(2)9-13-15(18)17(7-8-19-12(5)6)14(16-13)11(3)4/h10-14,16H,7-9H2,1-6H3. The first kappa shape index (κ1) is 16.4. The molecule has 19 heavy (non-hydrogen) atoms. The summed E-state index contributed by atoms with van der Waals surface area (Å²) >= 11 is 0. The van der Waals surface area contributed by atoms with E-state index in [0.717, 1.165) is 6.42 Å². The molecule has 1 saturated heterocycles. The van der Waals surface area contributed by atoms with Crippen LogP contribution < -0.4 is 5.32 Å². The Morgan fingerprint density at radius 1 is 1.21 bits per heavy atom. The van der Waals surface area contributed by atoms with Crippen LogP contribution in [-0.4, -0.2) is 42.3 Å². The van der Waals surface area contributed by atoms with E-state index in [4.69, 9.17) is 4.74 Å². The monoisotopic (exact) mass is 270 g/mol. The van der Waals surface area contributed by atoms with Crippen molar-refractivity contribution in [2.75, 3.05) is 13.2 Å². The fourth-order valence-corrected chi connectivity index (χ4v) is 2.53. The number of hydrogen-bond donors (Lipinski definition) is 1. The molecular formula is C15H30N2O2. The third kappa shape index (κ3) is 4.77. The Balaban J connectivity index is 2.61. The lowest BCUT2D eigenvalue weighted by atomic mass is 10.0. The van der Waals surface area contributed by atoms with Gasteiger partial charge in [-0.15, -0.1) is 0 Å². The fourth-order valence-electron chi connectivity index (χ4n) is 2.53. The van der Waals surface area contributed by atoms with Gasteiger partial charge in [0, 0.05) is 6.54 Å². The highest BCUT2D eigenvalue weighted by Gasteiger charge is 2.39. The molecule has 0 aromatic heterocycles. The van der Waals surface area contributed by atoms with Crippen LogP contribution in [-0.2, 0) is 9.53 Å². The Kier molecular flexibility index (Phi) is 6.27. The summed E-state index contributed by atoms with van der Waals surface area (Å²) in [7, 11) is 0. The molecule has 0 saturated carbocycles. The highest BCUT2D eigenvalue weighted by molar-refractivity contribution is 5.84. The average molecular weight is 270 g/mol. The lowest BCUT2D eigenvalue weighted by Crippen LogP contribution is -2.43. The maximum Gasteiger partial charge on any atom is 0.241 e. The topological polar surface area (TPSA) is 41.6 Å². The van der Waals surface area contributed by atoms with Crippen molar-refractivity contribution in [3.63, 3.8) is 0 Å². The molecule has 1 aliphatic heterocycles. The quantitative estimate of drug-likeness (QED) is 0.771. The molecule has 0 aromatic rings. The highest BCUT2D eigenvalue weighted by Crippen LogP contribution is 2.21. The predicted molar refractivity (Wildman–Crippen MR) is 77.8 cm³/mol.